The standard InChI is InChI=1S/C26H34N6O3/c1-2-30-23-18-21(35-14-4-9-29-12-15-34-16-13-29)7-8-22(23)24(27)25(30)19-5-3-6-20(17-19)31-10-11-32(28)26(31)33/h3,5-8,17-18H,2,4,9-16,27-28H2,1H3. The molecule has 9 nitrogen and oxygen atoms in total. The van der Waals surface area contributed by atoms with Crippen molar-refractivity contribution >= 4 is 28.3 Å². The Morgan fingerprint density at radius 3 is 2.63 bits per heavy atom. The minimum atomic E-state index is -0.193. The molecule has 2 aromatic carbocycles. The fourth-order valence-corrected chi connectivity index (χ4v) is 5.00. The molecule has 0 saturated carbocycles. The van der Waals surface area contributed by atoms with Crippen LogP contribution in [0.15, 0.2) is 42.5 Å². The maximum absolute atomic E-state index is 12.4. The predicted octanol–water partition coefficient (Wildman–Crippen LogP) is 3.13. The van der Waals surface area contributed by atoms with Crippen LogP contribution in [-0.2, 0) is 11.3 Å². The first-order valence-electron chi connectivity index (χ1n) is 12.4. The van der Waals surface area contributed by atoms with Crippen LogP contribution in [0.25, 0.3) is 22.2 Å². The second-order valence-corrected chi connectivity index (χ2v) is 9.02. The summed E-state index contributed by atoms with van der Waals surface area (Å²) in [5.74, 6) is 6.62. The van der Waals surface area contributed by atoms with E-state index in [1.807, 2.05) is 36.4 Å². The highest BCUT2D eigenvalue weighted by molar-refractivity contribution is 6.02. The lowest BCUT2D eigenvalue weighted by Crippen LogP contribution is -2.37. The number of morpholine rings is 1. The summed E-state index contributed by atoms with van der Waals surface area (Å²) in [6.07, 6.45) is 0.975. The number of nitrogen functional groups attached to an aromatic ring is 1. The van der Waals surface area contributed by atoms with Crippen LogP contribution < -0.4 is 21.2 Å². The third-order valence-electron chi connectivity index (χ3n) is 6.85. The van der Waals surface area contributed by atoms with Gasteiger partial charge in [0, 0.05) is 55.4 Å². The van der Waals surface area contributed by atoms with E-state index in [1.165, 1.54) is 5.01 Å². The molecule has 1 aromatic heterocycles. The van der Waals surface area contributed by atoms with Crippen LogP contribution in [-0.4, -0.2) is 73.1 Å². The Bertz CT molecular complexity index is 1200. The highest BCUT2D eigenvalue weighted by Gasteiger charge is 2.28. The Kier molecular flexibility index (Phi) is 6.81. The molecule has 5 rings (SSSR count). The lowest BCUT2D eigenvalue weighted by Gasteiger charge is -2.26. The molecule has 0 bridgehead atoms. The van der Waals surface area contributed by atoms with Gasteiger partial charge in [-0.3, -0.25) is 14.8 Å². The summed E-state index contributed by atoms with van der Waals surface area (Å²) in [5.41, 5.74) is 11.2. The monoisotopic (exact) mass is 478 g/mol. The molecular weight excluding hydrogens is 444 g/mol. The number of amides is 2. The highest BCUT2D eigenvalue weighted by Crippen LogP contribution is 2.39. The van der Waals surface area contributed by atoms with Crippen molar-refractivity contribution in [2.45, 2.75) is 19.9 Å². The number of anilines is 2. The molecule has 0 atom stereocenters. The van der Waals surface area contributed by atoms with Gasteiger partial charge in [-0.15, -0.1) is 0 Å². The van der Waals surface area contributed by atoms with E-state index in [-0.39, 0.29) is 6.03 Å². The van der Waals surface area contributed by atoms with E-state index < -0.39 is 0 Å². The van der Waals surface area contributed by atoms with Crippen LogP contribution in [0, 0.1) is 0 Å². The van der Waals surface area contributed by atoms with E-state index in [2.05, 4.69) is 22.5 Å². The van der Waals surface area contributed by atoms with Crippen LogP contribution in [0.3, 0.4) is 0 Å². The van der Waals surface area contributed by atoms with Crippen LogP contribution in [0.5, 0.6) is 5.75 Å². The number of hydrogen-bond acceptors (Lipinski definition) is 6. The molecule has 35 heavy (non-hydrogen) atoms. The Morgan fingerprint density at radius 1 is 1.06 bits per heavy atom. The third-order valence-corrected chi connectivity index (χ3v) is 6.85. The van der Waals surface area contributed by atoms with Gasteiger partial charge < -0.3 is 19.8 Å². The summed E-state index contributed by atoms with van der Waals surface area (Å²) in [5, 5.41) is 2.24. The quantitative estimate of drug-likeness (QED) is 0.293. The van der Waals surface area contributed by atoms with Gasteiger partial charge >= 0.3 is 6.03 Å². The van der Waals surface area contributed by atoms with E-state index in [0.717, 1.165) is 85.1 Å². The van der Waals surface area contributed by atoms with Gasteiger partial charge in [0.1, 0.15) is 5.75 Å². The Balaban J connectivity index is 1.37. The van der Waals surface area contributed by atoms with Gasteiger partial charge in [-0.1, -0.05) is 12.1 Å². The number of nitrogens with zero attached hydrogens (tertiary/aromatic N) is 4. The Hall–Kier alpha value is -3.27. The summed E-state index contributed by atoms with van der Waals surface area (Å²) in [6.45, 7) is 9.26. The number of carbonyl (C=O) groups is 1. The average Bonchev–Trinajstić information content (AvgIpc) is 3.37. The first-order valence-corrected chi connectivity index (χ1v) is 12.4. The minimum Gasteiger partial charge on any atom is -0.493 e. The van der Waals surface area contributed by atoms with Crippen molar-refractivity contribution in [2.75, 3.05) is 63.2 Å². The Labute approximate surface area is 205 Å². The van der Waals surface area contributed by atoms with E-state index in [0.29, 0.717) is 19.7 Å². The molecular formula is C26H34N6O3. The van der Waals surface area contributed by atoms with Crippen molar-refractivity contribution < 1.29 is 14.3 Å². The van der Waals surface area contributed by atoms with Crippen molar-refractivity contribution in [3.8, 4) is 17.0 Å². The van der Waals surface area contributed by atoms with Crippen molar-refractivity contribution in [1.29, 1.82) is 0 Å². The molecule has 3 heterocycles. The lowest BCUT2D eigenvalue weighted by molar-refractivity contribution is 0.0358. The summed E-state index contributed by atoms with van der Waals surface area (Å²) in [7, 11) is 0. The van der Waals surface area contributed by atoms with Gasteiger partial charge in [0.2, 0.25) is 0 Å². The van der Waals surface area contributed by atoms with Gasteiger partial charge in [0.15, 0.2) is 0 Å². The molecule has 4 N–H and O–H groups in total. The summed E-state index contributed by atoms with van der Waals surface area (Å²) < 4.78 is 13.7. The van der Waals surface area contributed by atoms with Crippen molar-refractivity contribution in [1.82, 2.24) is 14.5 Å². The van der Waals surface area contributed by atoms with E-state index in [9.17, 15) is 4.79 Å². The molecule has 2 aliphatic rings. The molecule has 2 amide bonds. The number of benzene rings is 2. The smallest absolute Gasteiger partial charge is 0.338 e. The zero-order chi connectivity index (χ0) is 24.4. The van der Waals surface area contributed by atoms with Gasteiger partial charge in [-0.05, 0) is 37.6 Å². The molecule has 9 heteroatoms. The van der Waals surface area contributed by atoms with Crippen LogP contribution in [0.1, 0.15) is 13.3 Å². The molecule has 2 fully saturated rings. The number of hydrogen-bond donors (Lipinski definition) is 2. The molecule has 186 valence electrons. The van der Waals surface area contributed by atoms with Crippen molar-refractivity contribution in [3.63, 3.8) is 0 Å². The highest BCUT2D eigenvalue weighted by atomic mass is 16.5. The van der Waals surface area contributed by atoms with Gasteiger partial charge in [-0.25, -0.2) is 10.6 Å². The molecule has 0 unspecified atom stereocenters. The Morgan fingerprint density at radius 2 is 1.89 bits per heavy atom. The van der Waals surface area contributed by atoms with Gasteiger partial charge in [-0.2, -0.15) is 0 Å². The first kappa shape index (κ1) is 23.5. The molecule has 3 aromatic rings. The maximum Gasteiger partial charge on any atom is 0.338 e. The van der Waals surface area contributed by atoms with Crippen molar-refractivity contribution in [2.24, 2.45) is 5.84 Å². The average molecular weight is 479 g/mol. The zero-order valence-electron chi connectivity index (χ0n) is 20.3. The van der Waals surface area contributed by atoms with E-state index in [1.54, 1.807) is 4.90 Å². The normalized spacial score (nSPS) is 17.0. The number of hydrazine groups is 1. The molecule has 2 aliphatic heterocycles. The topological polar surface area (TPSA) is 102 Å². The molecule has 0 spiro atoms. The largest absolute Gasteiger partial charge is 0.493 e. The van der Waals surface area contributed by atoms with Gasteiger partial charge in [0.05, 0.1) is 43.3 Å². The summed E-state index contributed by atoms with van der Waals surface area (Å²) >= 11 is 0. The van der Waals surface area contributed by atoms with Gasteiger partial charge in [0.25, 0.3) is 0 Å². The third kappa shape index (κ3) is 4.67. The number of rotatable bonds is 8. The summed E-state index contributed by atoms with van der Waals surface area (Å²) in [4.78, 5) is 16.5. The number of urea groups is 1. The van der Waals surface area contributed by atoms with E-state index >= 15 is 0 Å². The lowest BCUT2D eigenvalue weighted by atomic mass is 10.1. The number of aryl methyl sites for hydroxylation is 1. The molecule has 0 radical (unpaired) electrons. The second-order valence-electron chi connectivity index (χ2n) is 9.02. The first-order chi connectivity index (χ1) is 17.1. The van der Waals surface area contributed by atoms with Crippen molar-refractivity contribution in [3.05, 3.63) is 42.5 Å². The predicted molar refractivity (Wildman–Crippen MR) is 138 cm³/mol. The number of aromatic nitrogens is 1. The van der Waals surface area contributed by atoms with E-state index in [4.69, 9.17) is 21.1 Å². The second kappa shape index (κ2) is 10.2. The minimum absolute atomic E-state index is 0.193. The maximum atomic E-state index is 12.4. The fraction of sp³-hybridized carbons (Fsp3) is 0.423. The number of nitrogens with two attached hydrogens (primary N) is 2. The molecule has 0 aliphatic carbocycles. The van der Waals surface area contributed by atoms with Crippen LogP contribution >= 0.6 is 0 Å². The zero-order valence-corrected chi connectivity index (χ0v) is 20.3. The van der Waals surface area contributed by atoms with Crippen LogP contribution in [0.2, 0.25) is 0 Å². The number of carbonyl (C=O) groups excluding carboxylic acids is 1. The molecule has 2 saturated heterocycles. The number of fused-ring (bicyclic) bond motifs is 1. The summed E-state index contributed by atoms with van der Waals surface area (Å²) in [6, 6.07) is 13.8. The SMILES string of the molecule is CCn1c(-c2cccc(N3CCN(N)C3=O)c2)c(N)c2ccc(OCCCN3CCOCC3)cc21. The van der Waals surface area contributed by atoms with Crippen LogP contribution in [0.4, 0.5) is 16.2 Å². The fourth-order valence-electron chi connectivity index (χ4n) is 5.00. The number of ether oxygens (including phenoxy) is 2.